The fourth-order valence-electron chi connectivity index (χ4n) is 2.03. The molecule has 0 spiro atoms. The summed E-state index contributed by atoms with van der Waals surface area (Å²) >= 11 is 0. The summed E-state index contributed by atoms with van der Waals surface area (Å²) in [4.78, 5) is 0. The third-order valence-electron chi connectivity index (χ3n) is 3.19. The predicted octanol–water partition coefficient (Wildman–Crippen LogP) is 3.15. The van der Waals surface area contributed by atoms with Crippen molar-refractivity contribution in [2.24, 2.45) is 5.73 Å². The smallest absolute Gasteiger partial charge is 0.0637 e. The van der Waals surface area contributed by atoms with Gasteiger partial charge in [0, 0.05) is 13.2 Å². The van der Waals surface area contributed by atoms with Gasteiger partial charge in [-0.1, -0.05) is 30.3 Å². The van der Waals surface area contributed by atoms with Gasteiger partial charge in [-0.05, 0) is 45.1 Å². The zero-order valence-electron chi connectivity index (χ0n) is 11.3. The topological polar surface area (TPSA) is 35.2 Å². The SMILES string of the molecule is COC(C)(C)CC(N)CCCc1ccccc1. The van der Waals surface area contributed by atoms with E-state index in [0.717, 1.165) is 25.7 Å². The summed E-state index contributed by atoms with van der Waals surface area (Å²) < 4.78 is 5.39. The van der Waals surface area contributed by atoms with Crippen LogP contribution < -0.4 is 5.73 Å². The van der Waals surface area contributed by atoms with Crippen molar-refractivity contribution in [2.45, 2.75) is 51.2 Å². The Labute approximate surface area is 105 Å². The summed E-state index contributed by atoms with van der Waals surface area (Å²) in [6.45, 7) is 4.17. The van der Waals surface area contributed by atoms with Crippen LogP contribution in [0.2, 0.25) is 0 Å². The van der Waals surface area contributed by atoms with E-state index in [2.05, 4.69) is 44.2 Å². The number of rotatable bonds is 7. The molecule has 0 fully saturated rings. The normalized spacial score (nSPS) is 13.6. The summed E-state index contributed by atoms with van der Waals surface area (Å²) in [7, 11) is 1.75. The van der Waals surface area contributed by atoms with Gasteiger partial charge in [-0.2, -0.15) is 0 Å². The Bertz CT molecular complexity index is 308. The summed E-state index contributed by atoms with van der Waals surface area (Å²) in [6.07, 6.45) is 4.23. The average Bonchev–Trinajstić information content (AvgIpc) is 2.30. The number of benzene rings is 1. The minimum atomic E-state index is -0.105. The van der Waals surface area contributed by atoms with E-state index in [-0.39, 0.29) is 11.6 Å². The number of hydrogen-bond donors (Lipinski definition) is 1. The lowest BCUT2D eigenvalue weighted by molar-refractivity contribution is 0.00945. The molecular weight excluding hydrogens is 210 g/mol. The molecule has 0 aromatic heterocycles. The van der Waals surface area contributed by atoms with Crippen LogP contribution in [0.5, 0.6) is 0 Å². The molecule has 2 heteroatoms. The zero-order valence-corrected chi connectivity index (χ0v) is 11.3. The average molecular weight is 235 g/mol. The standard InChI is InChI=1S/C15H25NO/c1-15(2,17-3)12-14(16)11-7-10-13-8-5-4-6-9-13/h4-6,8-9,14H,7,10-12,16H2,1-3H3. The van der Waals surface area contributed by atoms with E-state index in [4.69, 9.17) is 10.5 Å². The van der Waals surface area contributed by atoms with E-state index < -0.39 is 0 Å². The fourth-order valence-corrected chi connectivity index (χ4v) is 2.03. The van der Waals surface area contributed by atoms with Gasteiger partial charge < -0.3 is 10.5 Å². The molecule has 17 heavy (non-hydrogen) atoms. The molecule has 0 bridgehead atoms. The highest BCUT2D eigenvalue weighted by Crippen LogP contribution is 2.17. The molecule has 96 valence electrons. The van der Waals surface area contributed by atoms with Crippen LogP contribution in [0, 0.1) is 0 Å². The second kappa shape index (κ2) is 6.77. The fraction of sp³-hybridized carbons (Fsp3) is 0.600. The molecule has 1 unspecified atom stereocenters. The monoisotopic (exact) mass is 235 g/mol. The second-order valence-electron chi connectivity index (χ2n) is 5.31. The van der Waals surface area contributed by atoms with Crippen molar-refractivity contribution in [3.8, 4) is 0 Å². The third-order valence-corrected chi connectivity index (χ3v) is 3.19. The molecule has 0 saturated carbocycles. The van der Waals surface area contributed by atoms with E-state index in [0.29, 0.717) is 0 Å². The van der Waals surface area contributed by atoms with Crippen molar-refractivity contribution in [3.05, 3.63) is 35.9 Å². The minimum Gasteiger partial charge on any atom is -0.379 e. The van der Waals surface area contributed by atoms with Gasteiger partial charge in [0.25, 0.3) is 0 Å². The third kappa shape index (κ3) is 5.85. The maximum Gasteiger partial charge on any atom is 0.0637 e. The van der Waals surface area contributed by atoms with Crippen LogP contribution in [-0.4, -0.2) is 18.8 Å². The Morgan fingerprint density at radius 1 is 1.24 bits per heavy atom. The lowest BCUT2D eigenvalue weighted by Crippen LogP contribution is -2.33. The molecule has 1 aromatic carbocycles. The summed E-state index contributed by atoms with van der Waals surface area (Å²) in [5.74, 6) is 0. The van der Waals surface area contributed by atoms with Gasteiger partial charge in [0.2, 0.25) is 0 Å². The van der Waals surface area contributed by atoms with Crippen molar-refractivity contribution >= 4 is 0 Å². The number of hydrogen-bond acceptors (Lipinski definition) is 2. The molecule has 2 nitrogen and oxygen atoms in total. The van der Waals surface area contributed by atoms with Crippen LogP contribution in [0.25, 0.3) is 0 Å². The minimum absolute atomic E-state index is 0.105. The molecule has 0 aliphatic heterocycles. The van der Waals surface area contributed by atoms with E-state index in [1.807, 2.05) is 0 Å². The van der Waals surface area contributed by atoms with E-state index >= 15 is 0 Å². The molecule has 1 atom stereocenters. The molecule has 0 aliphatic carbocycles. The van der Waals surface area contributed by atoms with Crippen LogP contribution in [0.4, 0.5) is 0 Å². The molecular formula is C15H25NO. The van der Waals surface area contributed by atoms with Gasteiger partial charge in [0.1, 0.15) is 0 Å². The maximum absolute atomic E-state index is 6.12. The van der Waals surface area contributed by atoms with Crippen molar-refractivity contribution < 1.29 is 4.74 Å². The lowest BCUT2D eigenvalue weighted by Gasteiger charge is -2.26. The van der Waals surface area contributed by atoms with Gasteiger partial charge in [0.05, 0.1) is 5.60 Å². The van der Waals surface area contributed by atoms with Gasteiger partial charge in [-0.3, -0.25) is 0 Å². The van der Waals surface area contributed by atoms with Crippen LogP contribution in [0.1, 0.15) is 38.7 Å². The van der Waals surface area contributed by atoms with Gasteiger partial charge in [-0.15, -0.1) is 0 Å². The molecule has 0 radical (unpaired) electrons. The first-order valence-corrected chi connectivity index (χ1v) is 6.38. The number of ether oxygens (including phenoxy) is 1. The van der Waals surface area contributed by atoms with Crippen LogP contribution >= 0.6 is 0 Å². The first kappa shape index (κ1) is 14.2. The van der Waals surface area contributed by atoms with Crippen molar-refractivity contribution in [2.75, 3.05) is 7.11 Å². The zero-order chi connectivity index (χ0) is 12.7. The van der Waals surface area contributed by atoms with Crippen LogP contribution in [0.3, 0.4) is 0 Å². The van der Waals surface area contributed by atoms with Gasteiger partial charge in [0.15, 0.2) is 0 Å². The predicted molar refractivity (Wildman–Crippen MR) is 73.1 cm³/mol. The molecule has 1 rings (SSSR count). The highest BCUT2D eigenvalue weighted by atomic mass is 16.5. The molecule has 0 aliphatic rings. The van der Waals surface area contributed by atoms with E-state index in [1.54, 1.807) is 7.11 Å². The Morgan fingerprint density at radius 2 is 1.88 bits per heavy atom. The highest BCUT2D eigenvalue weighted by Gasteiger charge is 2.19. The molecule has 2 N–H and O–H groups in total. The second-order valence-corrected chi connectivity index (χ2v) is 5.31. The Kier molecular flexibility index (Phi) is 5.66. The van der Waals surface area contributed by atoms with Crippen LogP contribution in [-0.2, 0) is 11.2 Å². The van der Waals surface area contributed by atoms with Crippen molar-refractivity contribution in [1.82, 2.24) is 0 Å². The quantitative estimate of drug-likeness (QED) is 0.788. The number of methoxy groups -OCH3 is 1. The Morgan fingerprint density at radius 3 is 2.47 bits per heavy atom. The molecule has 0 heterocycles. The molecule has 1 aromatic rings. The largest absolute Gasteiger partial charge is 0.379 e. The molecule has 0 amide bonds. The van der Waals surface area contributed by atoms with E-state index in [1.165, 1.54) is 5.56 Å². The molecule has 0 saturated heterocycles. The van der Waals surface area contributed by atoms with Crippen molar-refractivity contribution in [3.63, 3.8) is 0 Å². The maximum atomic E-state index is 6.12. The Balaban J connectivity index is 2.23. The first-order valence-electron chi connectivity index (χ1n) is 6.38. The summed E-state index contributed by atoms with van der Waals surface area (Å²) in [6, 6.07) is 10.8. The summed E-state index contributed by atoms with van der Waals surface area (Å²) in [5, 5.41) is 0. The van der Waals surface area contributed by atoms with Gasteiger partial charge >= 0.3 is 0 Å². The summed E-state index contributed by atoms with van der Waals surface area (Å²) in [5.41, 5.74) is 7.41. The van der Waals surface area contributed by atoms with Gasteiger partial charge in [-0.25, -0.2) is 0 Å². The lowest BCUT2D eigenvalue weighted by atomic mass is 9.95. The number of aryl methyl sites for hydroxylation is 1. The first-order chi connectivity index (χ1) is 8.03. The van der Waals surface area contributed by atoms with Crippen LogP contribution in [0.15, 0.2) is 30.3 Å². The number of nitrogens with two attached hydrogens (primary N) is 1. The highest BCUT2D eigenvalue weighted by molar-refractivity contribution is 5.14. The van der Waals surface area contributed by atoms with E-state index in [9.17, 15) is 0 Å². The Hall–Kier alpha value is -0.860. The van der Waals surface area contributed by atoms with Crippen molar-refractivity contribution in [1.29, 1.82) is 0 Å².